The van der Waals surface area contributed by atoms with Crippen LogP contribution in [0.5, 0.6) is 5.75 Å². The Bertz CT molecular complexity index is 585. The molecule has 0 unspecified atom stereocenters. The van der Waals surface area contributed by atoms with Gasteiger partial charge in [0, 0.05) is 10.5 Å². The second-order valence-corrected chi connectivity index (χ2v) is 7.38. The van der Waals surface area contributed by atoms with E-state index in [4.69, 9.17) is 0 Å². The van der Waals surface area contributed by atoms with Crippen LogP contribution in [0.4, 0.5) is 0 Å². The van der Waals surface area contributed by atoms with Crippen LogP contribution in [0.25, 0.3) is 0 Å². The molecule has 1 amide bonds. The summed E-state index contributed by atoms with van der Waals surface area (Å²) in [7, 11) is -3.03. The number of aromatic hydroxyl groups is 1. The lowest BCUT2D eigenvalue weighted by Crippen LogP contribution is -2.35. The van der Waals surface area contributed by atoms with Crippen LogP contribution >= 0.6 is 15.9 Å². The molecule has 5 nitrogen and oxygen atoms in total. The lowest BCUT2D eigenvalue weighted by atomic mass is 10.1. The topological polar surface area (TPSA) is 83.5 Å². The summed E-state index contributed by atoms with van der Waals surface area (Å²) in [6.07, 6.45) is 0.419. The average molecular weight is 334 g/mol. The van der Waals surface area contributed by atoms with Gasteiger partial charge < -0.3 is 10.4 Å². The first-order chi connectivity index (χ1) is 8.37. The van der Waals surface area contributed by atoms with Gasteiger partial charge in [-0.15, -0.1) is 0 Å². The minimum atomic E-state index is -3.03. The summed E-state index contributed by atoms with van der Waals surface area (Å²) in [5.41, 5.74) is 0.133. The molecule has 1 aromatic rings. The molecule has 2 N–H and O–H groups in total. The first kappa shape index (κ1) is 13.4. The number of rotatable bonds is 2. The molecular weight excluding hydrogens is 322 g/mol. The van der Waals surface area contributed by atoms with Crippen molar-refractivity contribution in [2.75, 3.05) is 11.5 Å². The summed E-state index contributed by atoms with van der Waals surface area (Å²) in [5, 5.41) is 12.2. The number of nitrogens with one attached hydrogen (secondary N) is 1. The van der Waals surface area contributed by atoms with Gasteiger partial charge in [-0.05, 0) is 24.6 Å². The number of hydrogen-bond donors (Lipinski definition) is 2. The third-order valence-electron chi connectivity index (χ3n) is 2.77. The van der Waals surface area contributed by atoms with Crippen molar-refractivity contribution in [2.45, 2.75) is 12.5 Å². The summed E-state index contributed by atoms with van der Waals surface area (Å²) in [6.45, 7) is 0. The Labute approximate surface area is 113 Å². The molecule has 0 bridgehead atoms. The molecule has 1 heterocycles. The Hall–Kier alpha value is -1.08. The van der Waals surface area contributed by atoms with Crippen LogP contribution in [0.1, 0.15) is 16.8 Å². The van der Waals surface area contributed by atoms with E-state index in [2.05, 4.69) is 21.2 Å². The quantitative estimate of drug-likeness (QED) is 0.848. The Morgan fingerprint density at radius 3 is 2.78 bits per heavy atom. The monoisotopic (exact) mass is 333 g/mol. The van der Waals surface area contributed by atoms with Gasteiger partial charge in [0.1, 0.15) is 5.75 Å². The number of hydrogen-bond acceptors (Lipinski definition) is 4. The van der Waals surface area contributed by atoms with Crippen LogP contribution in [0, 0.1) is 0 Å². The van der Waals surface area contributed by atoms with E-state index in [0.29, 0.717) is 10.9 Å². The van der Waals surface area contributed by atoms with Crippen LogP contribution in [0.3, 0.4) is 0 Å². The minimum Gasteiger partial charge on any atom is -0.507 e. The van der Waals surface area contributed by atoms with Crippen molar-refractivity contribution < 1.29 is 18.3 Å². The fourth-order valence-corrected chi connectivity index (χ4v) is 3.90. The van der Waals surface area contributed by atoms with E-state index in [9.17, 15) is 18.3 Å². The standard InChI is InChI=1S/C11H12BrNO4S/c12-7-1-2-10(14)9(5-7)11(15)13-8-3-4-18(16,17)6-8/h1-2,5,8,14H,3-4,6H2,(H,13,15)/t8-/m0/s1. The fourth-order valence-electron chi connectivity index (χ4n) is 1.86. The fraction of sp³-hybridized carbons (Fsp3) is 0.364. The van der Waals surface area contributed by atoms with Crippen LogP contribution in [0.15, 0.2) is 22.7 Å². The number of carbonyl (C=O) groups excluding carboxylic acids is 1. The van der Waals surface area contributed by atoms with E-state index in [-0.39, 0.29) is 28.9 Å². The van der Waals surface area contributed by atoms with E-state index in [1.165, 1.54) is 12.1 Å². The normalized spacial score (nSPS) is 21.7. The van der Waals surface area contributed by atoms with Gasteiger partial charge in [0.25, 0.3) is 5.91 Å². The summed E-state index contributed by atoms with van der Waals surface area (Å²) < 4.78 is 23.2. The third kappa shape index (κ3) is 3.02. The Balaban J connectivity index is 2.11. The van der Waals surface area contributed by atoms with Gasteiger partial charge in [-0.2, -0.15) is 0 Å². The molecular formula is C11H12BrNO4S. The number of carbonyl (C=O) groups is 1. The summed E-state index contributed by atoms with van der Waals surface area (Å²) >= 11 is 3.21. The predicted molar refractivity (Wildman–Crippen MR) is 70.3 cm³/mol. The molecule has 0 radical (unpaired) electrons. The summed E-state index contributed by atoms with van der Waals surface area (Å²) in [5.74, 6) is -0.525. The molecule has 18 heavy (non-hydrogen) atoms. The van der Waals surface area contributed by atoms with Gasteiger partial charge in [-0.3, -0.25) is 4.79 Å². The molecule has 0 saturated carbocycles. The molecule has 1 aliphatic heterocycles. The molecule has 1 aromatic carbocycles. The molecule has 1 aliphatic rings. The average Bonchev–Trinajstić information content (AvgIpc) is 2.61. The highest BCUT2D eigenvalue weighted by molar-refractivity contribution is 9.10. The molecule has 7 heteroatoms. The van der Waals surface area contributed by atoms with Crippen molar-refractivity contribution >= 4 is 31.7 Å². The Morgan fingerprint density at radius 2 is 2.17 bits per heavy atom. The molecule has 1 saturated heterocycles. The molecule has 0 aromatic heterocycles. The zero-order chi connectivity index (χ0) is 13.3. The van der Waals surface area contributed by atoms with Gasteiger partial charge in [0.15, 0.2) is 9.84 Å². The van der Waals surface area contributed by atoms with Gasteiger partial charge in [-0.25, -0.2) is 8.42 Å². The molecule has 0 spiro atoms. The maximum absolute atomic E-state index is 11.9. The first-order valence-corrected chi connectivity index (χ1v) is 7.98. The second kappa shape index (κ2) is 4.89. The van der Waals surface area contributed by atoms with Gasteiger partial charge >= 0.3 is 0 Å². The van der Waals surface area contributed by atoms with Gasteiger partial charge in [0.2, 0.25) is 0 Å². The lowest BCUT2D eigenvalue weighted by Gasteiger charge is -2.11. The van der Waals surface area contributed by atoms with Crippen molar-refractivity contribution in [3.63, 3.8) is 0 Å². The number of benzene rings is 1. The first-order valence-electron chi connectivity index (χ1n) is 5.37. The van der Waals surface area contributed by atoms with Crippen molar-refractivity contribution in [3.05, 3.63) is 28.2 Å². The van der Waals surface area contributed by atoms with E-state index >= 15 is 0 Å². The Kier molecular flexibility index (Phi) is 3.63. The van der Waals surface area contributed by atoms with E-state index < -0.39 is 15.7 Å². The number of halogens is 1. The van der Waals surface area contributed by atoms with Gasteiger partial charge in [-0.1, -0.05) is 15.9 Å². The highest BCUT2D eigenvalue weighted by atomic mass is 79.9. The van der Waals surface area contributed by atoms with Crippen molar-refractivity contribution in [3.8, 4) is 5.75 Å². The number of amides is 1. The van der Waals surface area contributed by atoms with Crippen molar-refractivity contribution in [1.29, 1.82) is 0 Å². The maximum atomic E-state index is 11.9. The highest BCUT2D eigenvalue weighted by Gasteiger charge is 2.29. The molecule has 1 fully saturated rings. The number of sulfone groups is 1. The highest BCUT2D eigenvalue weighted by Crippen LogP contribution is 2.22. The molecule has 98 valence electrons. The van der Waals surface area contributed by atoms with Crippen molar-refractivity contribution in [1.82, 2.24) is 5.32 Å². The zero-order valence-corrected chi connectivity index (χ0v) is 11.8. The summed E-state index contributed by atoms with van der Waals surface area (Å²) in [4.78, 5) is 11.9. The molecule has 2 rings (SSSR count). The van der Waals surface area contributed by atoms with Crippen LogP contribution in [0.2, 0.25) is 0 Å². The van der Waals surface area contributed by atoms with Crippen LogP contribution < -0.4 is 5.32 Å². The van der Waals surface area contributed by atoms with Crippen LogP contribution in [-0.2, 0) is 9.84 Å². The number of phenolic OH excluding ortho intramolecular Hbond substituents is 1. The molecule has 0 aliphatic carbocycles. The number of phenols is 1. The molecule has 1 atom stereocenters. The summed E-state index contributed by atoms with van der Waals surface area (Å²) in [6, 6.07) is 4.14. The smallest absolute Gasteiger partial charge is 0.255 e. The zero-order valence-electron chi connectivity index (χ0n) is 9.39. The van der Waals surface area contributed by atoms with Crippen LogP contribution in [-0.4, -0.2) is 37.0 Å². The van der Waals surface area contributed by atoms with E-state index in [1.807, 2.05) is 0 Å². The van der Waals surface area contributed by atoms with E-state index in [1.54, 1.807) is 6.07 Å². The second-order valence-electron chi connectivity index (χ2n) is 4.23. The SMILES string of the molecule is O=C(N[C@H]1CCS(=O)(=O)C1)c1cc(Br)ccc1O. The lowest BCUT2D eigenvalue weighted by molar-refractivity contribution is 0.0938. The van der Waals surface area contributed by atoms with Gasteiger partial charge in [0.05, 0.1) is 17.1 Å². The minimum absolute atomic E-state index is 0.0342. The largest absolute Gasteiger partial charge is 0.507 e. The third-order valence-corrected chi connectivity index (χ3v) is 5.03. The van der Waals surface area contributed by atoms with Crippen molar-refractivity contribution in [2.24, 2.45) is 0 Å². The Morgan fingerprint density at radius 1 is 1.44 bits per heavy atom. The maximum Gasteiger partial charge on any atom is 0.255 e. The van der Waals surface area contributed by atoms with E-state index in [0.717, 1.165) is 0 Å². The predicted octanol–water partition coefficient (Wildman–Crippen LogP) is 1.07.